The summed E-state index contributed by atoms with van der Waals surface area (Å²) in [6.07, 6.45) is -3.88. The standard InChI is InChI=1S/C7H9ClF3N3/c1-2-3-14-6(7(9,10)11)5(4-8)12-13-14/h2-4H2,1H3. The Hall–Kier alpha value is -0.780. The van der Waals surface area contributed by atoms with Crippen LogP contribution in [0.25, 0.3) is 0 Å². The van der Waals surface area contributed by atoms with Crippen molar-refractivity contribution in [2.75, 3.05) is 0 Å². The minimum Gasteiger partial charge on any atom is -0.240 e. The summed E-state index contributed by atoms with van der Waals surface area (Å²) >= 11 is 5.34. The highest BCUT2D eigenvalue weighted by Crippen LogP contribution is 2.31. The second-order valence-corrected chi connectivity index (χ2v) is 3.01. The van der Waals surface area contributed by atoms with Crippen LogP contribution in [0.2, 0.25) is 0 Å². The van der Waals surface area contributed by atoms with Crippen LogP contribution < -0.4 is 0 Å². The second kappa shape index (κ2) is 4.16. The van der Waals surface area contributed by atoms with E-state index >= 15 is 0 Å². The van der Waals surface area contributed by atoms with Gasteiger partial charge >= 0.3 is 6.18 Å². The zero-order valence-electron chi connectivity index (χ0n) is 7.47. The molecule has 0 aliphatic heterocycles. The van der Waals surface area contributed by atoms with Gasteiger partial charge in [-0.05, 0) is 6.42 Å². The first kappa shape index (κ1) is 11.3. The molecule has 0 aromatic carbocycles. The average molecular weight is 228 g/mol. The molecule has 0 fully saturated rings. The Morgan fingerprint density at radius 2 is 2.07 bits per heavy atom. The van der Waals surface area contributed by atoms with E-state index in [1.807, 2.05) is 0 Å². The van der Waals surface area contributed by atoms with Gasteiger partial charge in [-0.15, -0.1) is 16.7 Å². The van der Waals surface area contributed by atoms with Gasteiger partial charge in [0.1, 0.15) is 5.69 Å². The molecule has 0 spiro atoms. The Bertz CT molecular complexity index is 308. The fourth-order valence-corrected chi connectivity index (χ4v) is 1.30. The van der Waals surface area contributed by atoms with Crippen molar-refractivity contribution in [2.24, 2.45) is 0 Å². The molecule has 0 amide bonds. The fourth-order valence-electron chi connectivity index (χ4n) is 1.12. The molecule has 0 saturated carbocycles. The summed E-state index contributed by atoms with van der Waals surface area (Å²) in [5.41, 5.74) is -1.05. The smallest absolute Gasteiger partial charge is 0.240 e. The molecule has 1 aromatic heterocycles. The number of halogens is 4. The Labute approximate surface area is 83.9 Å². The molecule has 0 aliphatic carbocycles. The average Bonchev–Trinajstić information content (AvgIpc) is 2.47. The van der Waals surface area contributed by atoms with E-state index < -0.39 is 11.9 Å². The number of alkyl halides is 4. The van der Waals surface area contributed by atoms with Crippen molar-refractivity contribution in [3.8, 4) is 0 Å². The maximum absolute atomic E-state index is 12.5. The van der Waals surface area contributed by atoms with E-state index in [4.69, 9.17) is 11.6 Å². The molecular formula is C7H9ClF3N3. The third-order valence-corrected chi connectivity index (χ3v) is 1.89. The van der Waals surface area contributed by atoms with E-state index in [1.54, 1.807) is 6.92 Å². The molecule has 80 valence electrons. The molecule has 0 unspecified atom stereocenters. The topological polar surface area (TPSA) is 30.7 Å². The van der Waals surface area contributed by atoms with Gasteiger partial charge in [0, 0.05) is 6.54 Å². The van der Waals surface area contributed by atoms with Gasteiger partial charge in [0.05, 0.1) is 5.88 Å². The van der Waals surface area contributed by atoms with Crippen LogP contribution in [-0.2, 0) is 18.6 Å². The summed E-state index contributed by atoms with van der Waals surface area (Å²) in [6, 6.07) is 0. The zero-order chi connectivity index (χ0) is 10.8. The van der Waals surface area contributed by atoms with E-state index in [2.05, 4.69) is 10.3 Å². The van der Waals surface area contributed by atoms with E-state index in [0.29, 0.717) is 6.42 Å². The van der Waals surface area contributed by atoms with Gasteiger partial charge in [0.2, 0.25) is 0 Å². The highest BCUT2D eigenvalue weighted by molar-refractivity contribution is 6.16. The van der Waals surface area contributed by atoms with Gasteiger partial charge in [0.15, 0.2) is 5.69 Å². The minimum absolute atomic E-state index is 0.193. The first-order valence-corrected chi connectivity index (χ1v) is 4.59. The van der Waals surface area contributed by atoms with Crippen LogP contribution in [-0.4, -0.2) is 15.0 Å². The van der Waals surface area contributed by atoms with Crippen LogP contribution in [0, 0.1) is 0 Å². The van der Waals surface area contributed by atoms with E-state index in [-0.39, 0.29) is 18.1 Å². The highest BCUT2D eigenvalue weighted by Gasteiger charge is 2.38. The highest BCUT2D eigenvalue weighted by atomic mass is 35.5. The van der Waals surface area contributed by atoms with Gasteiger partial charge in [0.25, 0.3) is 0 Å². The Kier molecular flexibility index (Phi) is 3.36. The molecule has 14 heavy (non-hydrogen) atoms. The molecule has 0 N–H and O–H groups in total. The number of aromatic nitrogens is 3. The molecular weight excluding hydrogens is 219 g/mol. The molecule has 7 heteroatoms. The van der Waals surface area contributed by atoms with E-state index in [1.165, 1.54) is 0 Å². The fraction of sp³-hybridized carbons (Fsp3) is 0.714. The van der Waals surface area contributed by atoms with Gasteiger partial charge in [-0.3, -0.25) is 0 Å². The summed E-state index contributed by atoms with van der Waals surface area (Å²) in [5, 5.41) is 6.79. The number of aryl methyl sites for hydroxylation is 1. The van der Waals surface area contributed by atoms with Crippen LogP contribution in [0.1, 0.15) is 24.7 Å². The van der Waals surface area contributed by atoms with Crippen molar-refractivity contribution < 1.29 is 13.2 Å². The molecule has 0 atom stereocenters. The van der Waals surface area contributed by atoms with Crippen LogP contribution in [0.15, 0.2) is 0 Å². The zero-order valence-corrected chi connectivity index (χ0v) is 8.23. The van der Waals surface area contributed by atoms with Crippen molar-refractivity contribution >= 4 is 11.6 Å². The first-order valence-electron chi connectivity index (χ1n) is 4.06. The summed E-state index contributed by atoms with van der Waals surface area (Å²) in [4.78, 5) is 0. The van der Waals surface area contributed by atoms with E-state index in [9.17, 15) is 13.2 Å². The van der Waals surface area contributed by atoms with Crippen LogP contribution in [0.5, 0.6) is 0 Å². The second-order valence-electron chi connectivity index (χ2n) is 2.74. The van der Waals surface area contributed by atoms with Crippen molar-refractivity contribution in [3.05, 3.63) is 11.4 Å². The van der Waals surface area contributed by atoms with Crippen molar-refractivity contribution in [1.29, 1.82) is 0 Å². The van der Waals surface area contributed by atoms with Crippen LogP contribution in [0.3, 0.4) is 0 Å². The Morgan fingerprint density at radius 3 is 2.50 bits per heavy atom. The maximum atomic E-state index is 12.5. The number of hydrogen-bond donors (Lipinski definition) is 0. The SMILES string of the molecule is CCCn1nnc(CCl)c1C(F)(F)F. The summed E-state index contributed by atoms with van der Waals surface area (Å²) in [7, 11) is 0. The summed E-state index contributed by atoms with van der Waals surface area (Å²) in [5.74, 6) is -0.279. The third kappa shape index (κ3) is 2.17. The number of rotatable bonds is 3. The summed E-state index contributed by atoms with van der Waals surface area (Å²) in [6.45, 7) is 1.96. The molecule has 0 saturated heterocycles. The quantitative estimate of drug-likeness (QED) is 0.743. The van der Waals surface area contributed by atoms with Crippen LogP contribution >= 0.6 is 11.6 Å². The van der Waals surface area contributed by atoms with Gasteiger partial charge in [-0.25, -0.2) is 4.68 Å². The first-order chi connectivity index (χ1) is 6.50. The molecule has 1 aromatic rings. The van der Waals surface area contributed by atoms with Gasteiger partial charge in [-0.1, -0.05) is 12.1 Å². The molecule has 0 aliphatic rings. The van der Waals surface area contributed by atoms with Crippen molar-refractivity contribution in [2.45, 2.75) is 31.9 Å². The summed E-state index contributed by atoms with van der Waals surface area (Å²) < 4.78 is 38.3. The lowest BCUT2D eigenvalue weighted by atomic mass is 10.3. The van der Waals surface area contributed by atoms with E-state index in [0.717, 1.165) is 4.68 Å². The third-order valence-electron chi connectivity index (χ3n) is 1.64. The largest absolute Gasteiger partial charge is 0.434 e. The van der Waals surface area contributed by atoms with Gasteiger partial charge in [-0.2, -0.15) is 13.2 Å². The number of nitrogens with zero attached hydrogens (tertiary/aromatic N) is 3. The lowest BCUT2D eigenvalue weighted by molar-refractivity contribution is -0.144. The van der Waals surface area contributed by atoms with Crippen molar-refractivity contribution in [1.82, 2.24) is 15.0 Å². The molecule has 1 heterocycles. The predicted octanol–water partition coefficient (Wildman–Crippen LogP) is 2.45. The molecule has 0 radical (unpaired) electrons. The lowest BCUT2D eigenvalue weighted by Crippen LogP contribution is -2.16. The Balaban J connectivity index is 3.13. The maximum Gasteiger partial charge on any atom is 0.434 e. The minimum atomic E-state index is -4.44. The normalized spacial score (nSPS) is 12.1. The van der Waals surface area contributed by atoms with Crippen molar-refractivity contribution in [3.63, 3.8) is 0 Å². The Morgan fingerprint density at radius 1 is 1.43 bits per heavy atom. The lowest BCUT2D eigenvalue weighted by Gasteiger charge is -2.09. The monoisotopic (exact) mass is 227 g/mol. The molecule has 3 nitrogen and oxygen atoms in total. The molecule has 1 rings (SSSR count). The van der Waals surface area contributed by atoms with Gasteiger partial charge < -0.3 is 0 Å². The van der Waals surface area contributed by atoms with Crippen LogP contribution in [0.4, 0.5) is 13.2 Å². The predicted molar refractivity (Wildman–Crippen MR) is 44.9 cm³/mol. The molecule has 0 bridgehead atoms. The number of hydrogen-bond acceptors (Lipinski definition) is 2.